The van der Waals surface area contributed by atoms with Gasteiger partial charge in [-0.25, -0.2) is 4.79 Å². The zero-order chi connectivity index (χ0) is 21.7. The lowest BCUT2D eigenvalue weighted by molar-refractivity contribution is -0.120. The third-order valence-electron chi connectivity index (χ3n) is 5.97. The van der Waals surface area contributed by atoms with Crippen molar-refractivity contribution in [3.8, 4) is 6.07 Å². The van der Waals surface area contributed by atoms with Gasteiger partial charge in [0.1, 0.15) is 5.00 Å². The fraction of sp³-hybridized carbons (Fsp3) is 0.458. The van der Waals surface area contributed by atoms with Crippen molar-refractivity contribution in [2.45, 2.75) is 58.3 Å². The van der Waals surface area contributed by atoms with Crippen LogP contribution in [0.1, 0.15) is 66.4 Å². The minimum absolute atomic E-state index is 0.0706. The Kier molecular flexibility index (Phi) is 6.94. The molecular formula is C24H28N2O3S. The number of rotatable bonds is 7. The molecule has 5 nitrogen and oxygen atoms in total. The predicted octanol–water partition coefficient (Wildman–Crippen LogP) is 5.25. The number of carbonyl (C=O) groups is 2. The summed E-state index contributed by atoms with van der Waals surface area (Å²) in [4.78, 5) is 26.5. The second-order valence-corrected chi connectivity index (χ2v) is 8.77. The normalized spacial score (nSPS) is 17.8. The average molecular weight is 425 g/mol. The predicted molar refractivity (Wildman–Crippen MR) is 119 cm³/mol. The van der Waals surface area contributed by atoms with E-state index in [4.69, 9.17) is 4.74 Å². The quantitative estimate of drug-likeness (QED) is 0.616. The highest BCUT2D eigenvalue weighted by Crippen LogP contribution is 2.45. The maximum Gasteiger partial charge on any atom is 0.341 e. The Morgan fingerprint density at radius 3 is 2.53 bits per heavy atom. The first-order valence-electron chi connectivity index (χ1n) is 10.6. The number of nitrogens with one attached hydrogen (secondary N) is 1. The van der Waals surface area contributed by atoms with Gasteiger partial charge in [-0.3, -0.25) is 4.79 Å². The second kappa shape index (κ2) is 9.44. The number of ether oxygens (including phenoxy) is 1. The summed E-state index contributed by atoms with van der Waals surface area (Å²) >= 11 is 1.41. The van der Waals surface area contributed by atoms with Crippen molar-refractivity contribution in [1.82, 2.24) is 0 Å². The van der Waals surface area contributed by atoms with Gasteiger partial charge in [0.25, 0.3) is 0 Å². The number of benzene rings is 1. The van der Waals surface area contributed by atoms with Crippen LogP contribution in [0.3, 0.4) is 0 Å². The van der Waals surface area contributed by atoms with E-state index in [1.54, 1.807) is 6.92 Å². The summed E-state index contributed by atoms with van der Waals surface area (Å²) in [6.07, 6.45) is 3.25. The van der Waals surface area contributed by atoms with Gasteiger partial charge in [-0.2, -0.15) is 5.26 Å². The maximum atomic E-state index is 12.8. The van der Waals surface area contributed by atoms with Crippen LogP contribution in [0.2, 0.25) is 0 Å². The first-order valence-corrected chi connectivity index (χ1v) is 11.4. The number of thiophene rings is 1. The fourth-order valence-electron chi connectivity index (χ4n) is 4.16. The molecule has 0 radical (unpaired) electrons. The van der Waals surface area contributed by atoms with E-state index in [0.29, 0.717) is 29.8 Å². The van der Waals surface area contributed by atoms with Crippen molar-refractivity contribution in [2.24, 2.45) is 5.92 Å². The van der Waals surface area contributed by atoms with E-state index in [1.165, 1.54) is 11.3 Å². The van der Waals surface area contributed by atoms with Crippen LogP contribution in [0.4, 0.5) is 5.00 Å². The molecule has 0 aliphatic heterocycles. The highest BCUT2D eigenvalue weighted by Gasteiger charge is 2.40. The van der Waals surface area contributed by atoms with Crippen molar-refractivity contribution in [3.05, 3.63) is 51.9 Å². The van der Waals surface area contributed by atoms with Gasteiger partial charge in [0.05, 0.1) is 23.7 Å². The van der Waals surface area contributed by atoms with E-state index >= 15 is 0 Å². The molecule has 1 amide bonds. The molecule has 0 unspecified atom stereocenters. The van der Waals surface area contributed by atoms with Crippen molar-refractivity contribution in [1.29, 1.82) is 5.26 Å². The Hall–Kier alpha value is -2.65. The number of hydrogen-bond donors (Lipinski definition) is 1. The summed E-state index contributed by atoms with van der Waals surface area (Å²) < 4.78 is 5.30. The Bertz CT molecular complexity index is 957. The highest BCUT2D eigenvalue weighted by atomic mass is 32.1. The van der Waals surface area contributed by atoms with Gasteiger partial charge in [-0.05, 0) is 43.7 Å². The van der Waals surface area contributed by atoms with Crippen molar-refractivity contribution in [3.63, 3.8) is 0 Å². The summed E-state index contributed by atoms with van der Waals surface area (Å²) in [5.74, 6) is -0.570. The van der Waals surface area contributed by atoms with Crippen molar-refractivity contribution >= 4 is 28.2 Å². The van der Waals surface area contributed by atoms with E-state index in [1.807, 2.05) is 44.2 Å². The van der Waals surface area contributed by atoms with E-state index in [9.17, 15) is 14.9 Å². The molecule has 1 aromatic heterocycles. The van der Waals surface area contributed by atoms with Crippen molar-refractivity contribution in [2.75, 3.05) is 11.9 Å². The topological polar surface area (TPSA) is 79.2 Å². The molecule has 0 bridgehead atoms. The van der Waals surface area contributed by atoms with Gasteiger partial charge in [0.15, 0.2) is 0 Å². The molecule has 1 heterocycles. The number of fused-ring (bicyclic) bond motifs is 1. The molecular weight excluding hydrogens is 396 g/mol. The van der Waals surface area contributed by atoms with Gasteiger partial charge in [-0.15, -0.1) is 11.3 Å². The minimum Gasteiger partial charge on any atom is -0.462 e. The van der Waals surface area contributed by atoms with Gasteiger partial charge < -0.3 is 10.1 Å². The smallest absolute Gasteiger partial charge is 0.341 e. The van der Waals surface area contributed by atoms with Crippen LogP contribution in [0.25, 0.3) is 0 Å². The minimum atomic E-state index is -0.623. The number of nitriles is 1. The Labute approximate surface area is 182 Å². The molecule has 1 aliphatic rings. The molecule has 2 aromatic rings. The van der Waals surface area contributed by atoms with Crippen LogP contribution in [0, 0.1) is 17.2 Å². The first kappa shape index (κ1) is 22.0. The van der Waals surface area contributed by atoms with Crippen LogP contribution in [0.5, 0.6) is 0 Å². The van der Waals surface area contributed by atoms with E-state index < -0.39 is 11.4 Å². The van der Waals surface area contributed by atoms with E-state index in [-0.39, 0.29) is 18.4 Å². The van der Waals surface area contributed by atoms with Gasteiger partial charge in [0, 0.05) is 17.2 Å². The average Bonchev–Trinajstić information content (AvgIpc) is 3.11. The summed E-state index contributed by atoms with van der Waals surface area (Å²) in [6.45, 7) is 6.02. The number of amides is 1. The molecule has 30 heavy (non-hydrogen) atoms. The van der Waals surface area contributed by atoms with E-state index in [2.05, 4.69) is 11.4 Å². The second-order valence-electron chi connectivity index (χ2n) is 7.67. The molecule has 1 aliphatic carbocycles. The third-order valence-corrected chi connectivity index (χ3v) is 7.12. The third kappa shape index (κ3) is 4.13. The van der Waals surface area contributed by atoms with Crippen LogP contribution in [-0.2, 0) is 27.8 Å². The van der Waals surface area contributed by atoms with Gasteiger partial charge >= 0.3 is 5.97 Å². The number of anilines is 1. The van der Waals surface area contributed by atoms with Crippen LogP contribution in [-0.4, -0.2) is 18.5 Å². The van der Waals surface area contributed by atoms with Crippen molar-refractivity contribution < 1.29 is 14.3 Å². The lowest BCUT2D eigenvalue weighted by atomic mass is 9.70. The molecule has 1 aromatic carbocycles. The Balaban J connectivity index is 2.01. The van der Waals surface area contributed by atoms with E-state index in [0.717, 1.165) is 28.8 Å². The Morgan fingerprint density at radius 1 is 1.23 bits per heavy atom. The van der Waals surface area contributed by atoms with Crippen LogP contribution in [0.15, 0.2) is 30.3 Å². The molecule has 0 saturated heterocycles. The lowest BCUT2D eigenvalue weighted by Crippen LogP contribution is -2.31. The summed E-state index contributed by atoms with van der Waals surface area (Å²) in [7, 11) is 0. The van der Waals surface area contributed by atoms with Crippen LogP contribution < -0.4 is 5.32 Å². The largest absolute Gasteiger partial charge is 0.462 e. The number of carbonyl (C=O) groups excluding carboxylic acids is 2. The summed E-state index contributed by atoms with van der Waals surface area (Å²) in [5, 5.41) is 13.6. The number of hydrogen-bond acceptors (Lipinski definition) is 5. The molecule has 0 saturated carbocycles. The maximum absolute atomic E-state index is 12.8. The number of nitrogens with zero attached hydrogens (tertiary/aromatic N) is 1. The molecule has 0 spiro atoms. The summed E-state index contributed by atoms with van der Waals surface area (Å²) in [6, 6.07) is 12.4. The highest BCUT2D eigenvalue weighted by molar-refractivity contribution is 7.17. The zero-order valence-corrected chi connectivity index (χ0v) is 18.6. The molecule has 1 atom stereocenters. The first-order chi connectivity index (χ1) is 14.5. The van der Waals surface area contributed by atoms with Crippen LogP contribution >= 0.6 is 11.3 Å². The molecule has 158 valence electrons. The Morgan fingerprint density at radius 2 is 1.93 bits per heavy atom. The fourth-order valence-corrected chi connectivity index (χ4v) is 5.52. The molecule has 0 fully saturated rings. The lowest BCUT2D eigenvalue weighted by Gasteiger charge is -2.31. The SMILES string of the molecule is CCOC(=O)c1c(NC(=O)C(CC)CC)sc2c1CC[C@](C#N)(c1ccccc1)C2. The zero-order valence-electron chi connectivity index (χ0n) is 17.8. The molecule has 1 N–H and O–H groups in total. The molecule has 3 rings (SSSR count). The van der Waals surface area contributed by atoms with Gasteiger partial charge in [0.2, 0.25) is 5.91 Å². The van der Waals surface area contributed by atoms with Gasteiger partial charge in [-0.1, -0.05) is 44.2 Å². The summed E-state index contributed by atoms with van der Waals surface area (Å²) in [5.41, 5.74) is 1.75. The monoisotopic (exact) mass is 424 g/mol. The molecule has 6 heteroatoms. The standard InChI is InChI=1S/C24H28N2O3S/c1-4-16(5-2)21(27)26-22-20(23(28)29-6-3)18-12-13-24(15-25,14-19(18)30-22)17-10-8-7-9-11-17/h7-11,16H,4-6,12-14H2,1-3H3,(H,26,27)/t24-/m0/s1. The number of esters is 1.